The number of aliphatic hydroxyl groups excluding tert-OH is 1. The first-order valence-corrected chi connectivity index (χ1v) is 7.11. The molecule has 2 heterocycles. The van der Waals surface area contributed by atoms with Crippen molar-refractivity contribution in [2.24, 2.45) is 5.10 Å². The molecule has 2 aromatic heterocycles. The Hall–Kier alpha value is -2.12. The van der Waals surface area contributed by atoms with Crippen LogP contribution in [0.5, 0.6) is 0 Å². The Morgan fingerprint density at radius 3 is 3.20 bits per heavy atom. The third-order valence-corrected chi connectivity index (χ3v) is 3.68. The molecule has 0 amide bonds. The second-order valence-electron chi connectivity index (χ2n) is 4.06. The average Bonchev–Trinajstić information content (AvgIpc) is 3.09. The van der Waals surface area contributed by atoms with E-state index in [-0.39, 0.29) is 6.61 Å². The Labute approximate surface area is 119 Å². The second-order valence-corrected chi connectivity index (χ2v) is 5.13. The Bertz CT molecular complexity index is 733. The van der Waals surface area contributed by atoms with Crippen LogP contribution >= 0.6 is 11.8 Å². The summed E-state index contributed by atoms with van der Waals surface area (Å²) in [6.07, 6.45) is 5.23. The van der Waals surface area contributed by atoms with Crippen LogP contribution in [0.4, 0.5) is 0 Å². The number of fused-ring (bicyclic) bond motifs is 1. The molecule has 0 bridgehead atoms. The van der Waals surface area contributed by atoms with Crippen LogP contribution in [0.15, 0.2) is 47.0 Å². The molecule has 0 saturated heterocycles. The molecule has 1 aromatic carbocycles. The van der Waals surface area contributed by atoms with E-state index in [1.54, 1.807) is 17.2 Å². The Balaban J connectivity index is 1.85. The number of aromatic amines is 1. The molecule has 0 atom stereocenters. The monoisotopic (exact) mass is 287 g/mol. The number of rotatable bonds is 5. The van der Waals surface area contributed by atoms with Crippen LogP contribution in [-0.4, -0.2) is 43.5 Å². The molecule has 3 rings (SSSR count). The summed E-state index contributed by atoms with van der Waals surface area (Å²) in [4.78, 5) is 3.20. The number of H-pyrrole nitrogens is 1. The van der Waals surface area contributed by atoms with Gasteiger partial charge < -0.3 is 10.1 Å². The summed E-state index contributed by atoms with van der Waals surface area (Å²) in [6, 6.07) is 8.05. The second kappa shape index (κ2) is 5.89. The fourth-order valence-electron chi connectivity index (χ4n) is 1.86. The maximum Gasteiger partial charge on any atom is 0.211 e. The Morgan fingerprint density at radius 1 is 1.40 bits per heavy atom. The van der Waals surface area contributed by atoms with Crippen LogP contribution in [0.25, 0.3) is 10.9 Å². The van der Waals surface area contributed by atoms with Gasteiger partial charge >= 0.3 is 0 Å². The zero-order chi connectivity index (χ0) is 13.8. The molecule has 0 saturated carbocycles. The Morgan fingerprint density at radius 2 is 2.30 bits per heavy atom. The summed E-state index contributed by atoms with van der Waals surface area (Å²) < 4.78 is 1.60. The summed E-state index contributed by atoms with van der Waals surface area (Å²) in [6.45, 7) is 0.101. The molecule has 0 aliphatic heterocycles. The first-order valence-electron chi connectivity index (χ1n) is 6.12. The molecule has 20 heavy (non-hydrogen) atoms. The highest BCUT2D eigenvalue weighted by atomic mass is 32.2. The maximum absolute atomic E-state index is 8.83. The van der Waals surface area contributed by atoms with E-state index >= 15 is 0 Å². The predicted octanol–water partition coefficient (Wildman–Crippen LogP) is 1.73. The van der Waals surface area contributed by atoms with Gasteiger partial charge in [0.05, 0.1) is 12.8 Å². The van der Waals surface area contributed by atoms with Crippen molar-refractivity contribution >= 4 is 28.9 Å². The van der Waals surface area contributed by atoms with Crippen molar-refractivity contribution < 1.29 is 5.11 Å². The highest BCUT2D eigenvalue weighted by molar-refractivity contribution is 7.99. The molecule has 6 nitrogen and oxygen atoms in total. The minimum Gasteiger partial charge on any atom is -0.396 e. The van der Waals surface area contributed by atoms with Crippen molar-refractivity contribution in [1.82, 2.24) is 19.9 Å². The smallest absolute Gasteiger partial charge is 0.211 e. The molecule has 102 valence electrons. The number of nitrogens with zero attached hydrogens (tertiary/aromatic N) is 4. The fourth-order valence-corrected chi connectivity index (χ4v) is 2.46. The van der Waals surface area contributed by atoms with Gasteiger partial charge in [0.15, 0.2) is 0 Å². The van der Waals surface area contributed by atoms with Crippen LogP contribution in [-0.2, 0) is 0 Å². The molecule has 0 aliphatic carbocycles. The number of benzene rings is 1. The highest BCUT2D eigenvalue weighted by Crippen LogP contribution is 2.17. The van der Waals surface area contributed by atoms with Gasteiger partial charge in [-0.1, -0.05) is 30.0 Å². The lowest BCUT2D eigenvalue weighted by atomic mass is 10.2. The number of para-hydroxylation sites is 1. The predicted molar refractivity (Wildman–Crippen MR) is 79.1 cm³/mol. The van der Waals surface area contributed by atoms with Crippen molar-refractivity contribution in [3.63, 3.8) is 0 Å². The first-order chi connectivity index (χ1) is 9.88. The standard InChI is InChI=1S/C13H13N5OS/c19-5-6-20-13-17-15-9-18(13)16-8-10-7-14-12-4-2-1-3-11(10)12/h1-4,7-9,14,19H,5-6H2/b16-8-. The van der Waals surface area contributed by atoms with Crippen LogP contribution in [0.2, 0.25) is 0 Å². The van der Waals surface area contributed by atoms with E-state index in [1.165, 1.54) is 11.8 Å². The summed E-state index contributed by atoms with van der Waals surface area (Å²) in [7, 11) is 0. The molecular formula is C13H13N5OS. The van der Waals surface area contributed by atoms with Gasteiger partial charge in [0.2, 0.25) is 5.16 Å². The van der Waals surface area contributed by atoms with Gasteiger partial charge in [-0.25, -0.2) is 0 Å². The first kappa shape index (κ1) is 12.9. The maximum atomic E-state index is 8.83. The molecule has 0 aliphatic rings. The van der Waals surface area contributed by atoms with E-state index in [0.717, 1.165) is 16.5 Å². The van der Waals surface area contributed by atoms with Gasteiger partial charge in [-0.2, -0.15) is 9.78 Å². The number of nitrogens with one attached hydrogen (secondary N) is 1. The van der Waals surface area contributed by atoms with Crippen LogP contribution < -0.4 is 0 Å². The molecule has 7 heteroatoms. The van der Waals surface area contributed by atoms with E-state index in [0.29, 0.717) is 10.9 Å². The Kier molecular flexibility index (Phi) is 3.80. The van der Waals surface area contributed by atoms with Crippen molar-refractivity contribution in [2.45, 2.75) is 5.16 Å². The molecule has 0 unspecified atom stereocenters. The van der Waals surface area contributed by atoms with Crippen molar-refractivity contribution in [1.29, 1.82) is 0 Å². The SMILES string of the molecule is OCCSc1nncn1/N=C\c1c[nH]c2ccccc12. The average molecular weight is 287 g/mol. The molecule has 3 aromatic rings. The van der Waals surface area contributed by atoms with Gasteiger partial charge in [-0.15, -0.1) is 10.2 Å². The minimum atomic E-state index is 0.101. The molecule has 0 fully saturated rings. The van der Waals surface area contributed by atoms with E-state index in [4.69, 9.17) is 5.11 Å². The molecule has 0 radical (unpaired) electrons. The number of aliphatic hydroxyl groups is 1. The van der Waals surface area contributed by atoms with E-state index in [2.05, 4.69) is 20.3 Å². The van der Waals surface area contributed by atoms with Crippen molar-refractivity contribution in [3.8, 4) is 0 Å². The summed E-state index contributed by atoms with van der Waals surface area (Å²) in [5.41, 5.74) is 2.08. The largest absolute Gasteiger partial charge is 0.396 e. The van der Waals surface area contributed by atoms with Gasteiger partial charge in [-0.3, -0.25) is 0 Å². The van der Waals surface area contributed by atoms with Gasteiger partial charge in [0.1, 0.15) is 6.33 Å². The van der Waals surface area contributed by atoms with Crippen LogP contribution in [0.1, 0.15) is 5.56 Å². The molecule has 0 spiro atoms. The highest BCUT2D eigenvalue weighted by Gasteiger charge is 2.04. The summed E-state index contributed by atoms with van der Waals surface area (Å²) in [5, 5.41) is 22.8. The topological polar surface area (TPSA) is 79.1 Å². The van der Waals surface area contributed by atoms with E-state index in [9.17, 15) is 0 Å². The summed E-state index contributed by atoms with van der Waals surface area (Å²) >= 11 is 1.41. The lowest BCUT2D eigenvalue weighted by Crippen LogP contribution is -1.94. The van der Waals surface area contributed by atoms with Gasteiger partial charge in [0, 0.05) is 28.4 Å². The summed E-state index contributed by atoms with van der Waals surface area (Å²) in [5.74, 6) is 0.571. The zero-order valence-corrected chi connectivity index (χ0v) is 11.4. The van der Waals surface area contributed by atoms with Crippen molar-refractivity contribution in [3.05, 3.63) is 42.4 Å². The number of hydrogen-bond acceptors (Lipinski definition) is 5. The van der Waals surface area contributed by atoms with E-state index < -0.39 is 0 Å². The van der Waals surface area contributed by atoms with Crippen LogP contribution in [0, 0.1) is 0 Å². The number of aromatic nitrogens is 4. The number of thioether (sulfide) groups is 1. The fraction of sp³-hybridized carbons (Fsp3) is 0.154. The minimum absolute atomic E-state index is 0.101. The lowest BCUT2D eigenvalue weighted by Gasteiger charge is -1.97. The van der Waals surface area contributed by atoms with Gasteiger partial charge in [0.25, 0.3) is 0 Å². The molecule has 2 N–H and O–H groups in total. The quantitative estimate of drug-likeness (QED) is 0.553. The lowest BCUT2D eigenvalue weighted by molar-refractivity contribution is 0.322. The molecular weight excluding hydrogens is 274 g/mol. The van der Waals surface area contributed by atoms with Gasteiger partial charge in [-0.05, 0) is 6.07 Å². The third kappa shape index (κ3) is 2.59. The van der Waals surface area contributed by atoms with Crippen molar-refractivity contribution in [2.75, 3.05) is 12.4 Å². The van der Waals surface area contributed by atoms with Crippen LogP contribution in [0.3, 0.4) is 0 Å². The number of hydrogen-bond donors (Lipinski definition) is 2. The normalized spacial score (nSPS) is 11.7. The third-order valence-electron chi connectivity index (χ3n) is 2.77. The zero-order valence-electron chi connectivity index (χ0n) is 10.6. The van der Waals surface area contributed by atoms with E-state index in [1.807, 2.05) is 30.5 Å².